The molecule has 0 spiro atoms. The van der Waals surface area contributed by atoms with Crippen molar-refractivity contribution in [2.75, 3.05) is 11.1 Å². The maximum absolute atomic E-state index is 11.2. The highest BCUT2D eigenvalue weighted by molar-refractivity contribution is 7.13. The number of rotatable bonds is 2. The summed E-state index contributed by atoms with van der Waals surface area (Å²) in [5.41, 5.74) is 9.19. The van der Waals surface area contributed by atoms with Crippen LogP contribution in [-0.2, 0) is 4.79 Å². The molecule has 2 rings (SSSR count). The zero-order valence-corrected chi connectivity index (χ0v) is 10.5. The number of carbonyl (C=O) groups is 1. The van der Waals surface area contributed by atoms with Gasteiger partial charge in [-0.25, -0.2) is 4.98 Å². The molecule has 1 heterocycles. The number of nitrogens with one attached hydrogen (secondary N) is 1. The molecule has 4 nitrogen and oxygen atoms in total. The molecule has 5 heteroatoms. The number of nitrogens with zero attached hydrogens (tertiary/aromatic N) is 1. The third kappa shape index (κ3) is 2.45. The van der Waals surface area contributed by atoms with E-state index < -0.39 is 0 Å². The molecule has 3 N–H and O–H groups in total. The Kier molecular flexibility index (Phi) is 3.10. The molecule has 0 radical (unpaired) electrons. The van der Waals surface area contributed by atoms with Crippen LogP contribution >= 0.6 is 11.3 Å². The Morgan fingerprint density at radius 3 is 2.82 bits per heavy atom. The van der Waals surface area contributed by atoms with Gasteiger partial charge in [-0.1, -0.05) is 12.1 Å². The molecule has 1 aromatic carbocycles. The van der Waals surface area contributed by atoms with Crippen molar-refractivity contribution in [2.24, 2.45) is 0 Å². The predicted molar refractivity (Wildman–Crippen MR) is 71.0 cm³/mol. The van der Waals surface area contributed by atoms with Crippen LogP contribution < -0.4 is 11.1 Å². The van der Waals surface area contributed by atoms with Crippen molar-refractivity contribution in [3.8, 4) is 11.3 Å². The van der Waals surface area contributed by atoms with Crippen molar-refractivity contribution in [1.82, 2.24) is 4.98 Å². The Bertz CT molecular complexity index is 563. The van der Waals surface area contributed by atoms with Crippen molar-refractivity contribution < 1.29 is 4.79 Å². The molecule has 0 atom stereocenters. The van der Waals surface area contributed by atoms with Gasteiger partial charge in [-0.3, -0.25) is 4.79 Å². The summed E-state index contributed by atoms with van der Waals surface area (Å²) in [5, 5.41) is 5.22. The van der Waals surface area contributed by atoms with Crippen molar-refractivity contribution in [1.29, 1.82) is 0 Å². The van der Waals surface area contributed by atoms with Crippen LogP contribution in [0.25, 0.3) is 11.3 Å². The van der Waals surface area contributed by atoms with E-state index in [2.05, 4.69) is 10.3 Å². The third-order valence-electron chi connectivity index (χ3n) is 2.36. The third-order valence-corrected chi connectivity index (χ3v) is 3.04. The van der Waals surface area contributed by atoms with Crippen molar-refractivity contribution in [3.05, 3.63) is 29.1 Å². The fourth-order valence-corrected chi connectivity index (χ4v) is 2.26. The highest BCUT2D eigenvalue weighted by Gasteiger charge is 2.11. The molecule has 0 unspecified atom stereocenters. The van der Waals surface area contributed by atoms with Gasteiger partial charge in [-0.05, 0) is 18.6 Å². The molecular weight excluding hydrogens is 234 g/mol. The maximum atomic E-state index is 11.2. The number of nitrogen functional groups attached to an aromatic ring is 1. The molecule has 0 fully saturated rings. The van der Waals surface area contributed by atoms with Gasteiger partial charge >= 0.3 is 0 Å². The van der Waals surface area contributed by atoms with Gasteiger partial charge in [0, 0.05) is 17.9 Å². The first-order valence-electron chi connectivity index (χ1n) is 5.16. The summed E-state index contributed by atoms with van der Waals surface area (Å²) < 4.78 is 0. The molecule has 0 aliphatic rings. The summed E-state index contributed by atoms with van der Waals surface area (Å²) >= 11 is 1.39. The molecule has 1 amide bonds. The van der Waals surface area contributed by atoms with Crippen LogP contribution in [0.1, 0.15) is 12.5 Å². The quantitative estimate of drug-likeness (QED) is 0.857. The van der Waals surface area contributed by atoms with E-state index in [9.17, 15) is 4.79 Å². The Morgan fingerprint density at radius 1 is 1.47 bits per heavy atom. The lowest BCUT2D eigenvalue weighted by Crippen LogP contribution is -2.07. The molecule has 0 saturated heterocycles. The van der Waals surface area contributed by atoms with Crippen molar-refractivity contribution in [3.63, 3.8) is 0 Å². The second-order valence-electron chi connectivity index (χ2n) is 3.75. The topological polar surface area (TPSA) is 68.0 Å². The summed E-state index contributed by atoms with van der Waals surface area (Å²) in [6.45, 7) is 3.47. The molecule has 88 valence electrons. The molecule has 2 aromatic rings. The number of hydrogen-bond donors (Lipinski definition) is 2. The zero-order valence-electron chi connectivity index (χ0n) is 9.65. The fourth-order valence-electron chi connectivity index (χ4n) is 1.70. The van der Waals surface area contributed by atoms with Gasteiger partial charge in [-0.15, -0.1) is 11.3 Å². The standard InChI is InChI=1S/C12H13N3OS/c1-7-4-3-5-9(14-8(2)16)11(7)10-6-17-12(13)15-10/h3-6H,1-2H3,(H2,13,15)(H,14,16). The largest absolute Gasteiger partial charge is 0.375 e. The summed E-state index contributed by atoms with van der Waals surface area (Å²) in [7, 11) is 0. The minimum atomic E-state index is -0.0972. The first-order chi connectivity index (χ1) is 8.08. The lowest BCUT2D eigenvalue weighted by atomic mass is 10.0. The van der Waals surface area contributed by atoms with Crippen LogP contribution in [-0.4, -0.2) is 10.9 Å². The molecule has 0 aliphatic carbocycles. The first-order valence-corrected chi connectivity index (χ1v) is 6.04. The van der Waals surface area contributed by atoms with Gasteiger partial charge < -0.3 is 11.1 Å². The zero-order chi connectivity index (χ0) is 12.4. The summed E-state index contributed by atoms with van der Waals surface area (Å²) in [4.78, 5) is 15.4. The average Bonchev–Trinajstić information content (AvgIpc) is 2.64. The minimum absolute atomic E-state index is 0.0972. The number of aromatic nitrogens is 1. The number of aryl methyl sites for hydroxylation is 1. The van der Waals surface area contributed by atoms with Crippen LogP contribution in [0.15, 0.2) is 23.6 Å². The van der Waals surface area contributed by atoms with E-state index in [1.807, 2.05) is 30.5 Å². The normalized spacial score (nSPS) is 10.2. The Balaban J connectivity index is 2.54. The van der Waals surface area contributed by atoms with E-state index in [4.69, 9.17) is 5.73 Å². The molecule has 17 heavy (non-hydrogen) atoms. The number of nitrogens with two attached hydrogens (primary N) is 1. The number of thiazole rings is 1. The monoisotopic (exact) mass is 247 g/mol. The smallest absolute Gasteiger partial charge is 0.221 e. The lowest BCUT2D eigenvalue weighted by Gasteiger charge is -2.10. The van der Waals surface area contributed by atoms with E-state index in [-0.39, 0.29) is 5.91 Å². The van der Waals surface area contributed by atoms with E-state index in [0.29, 0.717) is 5.13 Å². The first kappa shape index (κ1) is 11.6. The Morgan fingerprint density at radius 2 is 2.24 bits per heavy atom. The van der Waals surface area contributed by atoms with Gasteiger partial charge in [0.05, 0.1) is 11.4 Å². The van der Waals surface area contributed by atoms with Crippen molar-refractivity contribution >= 4 is 28.1 Å². The van der Waals surface area contributed by atoms with Gasteiger partial charge in [-0.2, -0.15) is 0 Å². The molecule has 0 bridgehead atoms. The predicted octanol–water partition coefficient (Wildman–Crippen LogP) is 2.66. The van der Waals surface area contributed by atoms with E-state index in [0.717, 1.165) is 22.5 Å². The van der Waals surface area contributed by atoms with Gasteiger partial charge in [0.15, 0.2) is 5.13 Å². The average molecular weight is 247 g/mol. The number of amides is 1. The molecular formula is C12H13N3OS. The number of hydrogen-bond acceptors (Lipinski definition) is 4. The number of anilines is 2. The van der Waals surface area contributed by atoms with Crippen LogP contribution in [0.2, 0.25) is 0 Å². The van der Waals surface area contributed by atoms with Crippen molar-refractivity contribution in [2.45, 2.75) is 13.8 Å². The number of carbonyl (C=O) groups excluding carboxylic acids is 1. The van der Waals surface area contributed by atoms with Gasteiger partial charge in [0.2, 0.25) is 5.91 Å². The highest BCUT2D eigenvalue weighted by Crippen LogP contribution is 2.32. The molecule has 0 saturated carbocycles. The van der Waals surface area contributed by atoms with E-state index >= 15 is 0 Å². The number of benzene rings is 1. The van der Waals surface area contributed by atoms with E-state index in [1.54, 1.807) is 0 Å². The minimum Gasteiger partial charge on any atom is -0.375 e. The lowest BCUT2D eigenvalue weighted by molar-refractivity contribution is -0.114. The van der Waals surface area contributed by atoms with Gasteiger partial charge in [0.25, 0.3) is 0 Å². The van der Waals surface area contributed by atoms with Crippen LogP contribution in [0.3, 0.4) is 0 Å². The highest BCUT2D eigenvalue weighted by atomic mass is 32.1. The maximum Gasteiger partial charge on any atom is 0.221 e. The second-order valence-corrected chi connectivity index (χ2v) is 4.64. The molecule has 1 aromatic heterocycles. The summed E-state index contributed by atoms with van der Waals surface area (Å²) in [6, 6.07) is 5.75. The second kappa shape index (κ2) is 4.55. The summed E-state index contributed by atoms with van der Waals surface area (Å²) in [5.74, 6) is -0.0972. The fraction of sp³-hybridized carbons (Fsp3) is 0.167. The van der Waals surface area contributed by atoms with Crippen LogP contribution in [0.4, 0.5) is 10.8 Å². The van der Waals surface area contributed by atoms with Crippen LogP contribution in [0, 0.1) is 6.92 Å². The van der Waals surface area contributed by atoms with Gasteiger partial charge in [0.1, 0.15) is 0 Å². The van der Waals surface area contributed by atoms with E-state index in [1.165, 1.54) is 18.3 Å². The Hall–Kier alpha value is -1.88. The molecule has 0 aliphatic heterocycles. The SMILES string of the molecule is CC(=O)Nc1cccc(C)c1-c1csc(N)n1. The Labute approximate surface area is 103 Å². The summed E-state index contributed by atoms with van der Waals surface area (Å²) in [6.07, 6.45) is 0. The van der Waals surface area contributed by atoms with Crippen LogP contribution in [0.5, 0.6) is 0 Å².